The van der Waals surface area contributed by atoms with Crippen LogP contribution in [0.2, 0.25) is 0 Å². The van der Waals surface area contributed by atoms with Gasteiger partial charge in [0.15, 0.2) is 0 Å². The van der Waals surface area contributed by atoms with Crippen LogP contribution in [0.1, 0.15) is 10.7 Å². The van der Waals surface area contributed by atoms with Crippen LogP contribution in [-0.4, -0.2) is 21.7 Å². The topological polar surface area (TPSA) is 39.4 Å². The number of aryl methyl sites for hydroxylation is 1. The summed E-state index contributed by atoms with van der Waals surface area (Å²) in [5, 5.41) is 5.23. The third kappa shape index (κ3) is 1.21. The molecule has 2 aromatic rings. The van der Waals surface area contributed by atoms with Gasteiger partial charge in [0.2, 0.25) is 4.96 Å². The van der Waals surface area contributed by atoms with Gasteiger partial charge >= 0.3 is 0 Å². The Morgan fingerprint density at radius 1 is 1.67 bits per heavy atom. The molecule has 0 aliphatic rings. The van der Waals surface area contributed by atoms with Crippen LogP contribution in [0.5, 0.6) is 0 Å². The van der Waals surface area contributed by atoms with E-state index >= 15 is 0 Å². The summed E-state index contributed by atoms with van der Waals surface area (Å²) in [5.74, 6) is 0. The SMILES string of the molecule is COCc1nn2cc(C)nc2s1. The van der Waals surface area contributed by atoms with Gasteiger partial charge in [0, 0.05) is 7.11 Å². The Morgan fingerprint density at radius 2 is 2.50 bits per heavy atom. The minimum atomic E-state index is 0.563. The van der Waals surface area contributed by atoms with Gasteiger partial charge in [0.25, 0.3) is 0 Å². The number of hydrogen-bond acceptors (Lipinski definition) is 4. The van der Waals surface area contributed by atoms with Crippen molar-refractivity contribution >= 4 is 16.3 Å². The third-order valence-corrected chi connectivity index (χ3v) is 2.37. The standard InChI is InChI=1S/C7H9N3OS/c1-5-3-10-7(8-5)12-6(9-10)4-11-2/h3H,4H2,1-2H3. The van der Waals surface area contributed by atoms with Crippen LogP contribution in [0.3, 0.4) is 0 Å². The first-order valence-electron chi connectivity index (χ1n) is 3.60. The predicted molar refractivity (Wildman–Crippen MR) is 46.3 cm³/mol. The van der Waals surface area contributed by atoms with E-state index in [1.807, 2.05) is 13.1 Å². The minimum Gasteiger partial charge on any atom is -0.377 e. The molecule has 0 unspecified atom stereocenters. The van der Waals surface area contributed by atoms with Crippen molar-refractivity contribution in [3.63, 3.8) is 0 Å². The van der Waals surface area contributed by atoms with Gasteiger partial charge in [-0.15, -0.1) is 0 Å². The van der Waals surface area contributed by atoms with Crippen LogP contribution < -0.4 is 0 Å². The summed E-state index contributed by atoms with van der Waals surface area (Å²) in [6.45, 7) is 2.52. The van der Waals surface area contributed by atoms with E-state index in [0.29, 0.717) is 6.61 Å². The number of ether oxygens (including phenoxy) is 1. The highest BCUT2D eigenvalue weighted by Gasteiger charge is 2.04. The molecule has 5 heteroatoms. The molecule has 0 aliphatic carbocycles. The van der Waals surface area contributed by atoms with Gasteiger partial charge in [-0.25, -0.2) is 9.50 Å². The fourth-order valence-electron chi connectivity index (χ4n) is 1.03. The van der Waals surface area contributed by atoms with Crippen molar-refractivity contribution in [3.05, 3.63) is 16.9 Å². The summed E-state index contributed by atoms with van der Waals surface area (Å²) < 4.78 is 6.75. The van der Waals surface area contributed by atoms with E-state index in [1.165, 1.54) is 0 Å². The van der Waals surface area contributed by atoms with Crippen molar-refractivity contribution in [2.75, 3.05) is 7.11 Å². The second-order valence-corrected chi connectivity index (χ2v) is 3.58. The lowest BCUT2D eigenvalue weighted by Crippen LogP contribution is -1.88. The zero-order valence-corrected chi connectivity index (χ0v) is 7.76. The lowest BCUT2D eigenvalue weighted by atomic mass is 10.6. The first kappa shape index (κ1) is 7.70. The number of methoxy groups -OCH3 is 1. The molecule has 12 heavy (non-hydrogen) atoms. The summed E-state index contributed by atoms with van der Waals surface area (Å²) >= 11 is 1.56. The molecular weight excluding hydrogens is 174 g/mol. The summed E-state index contributed by atoms with van der Waals surface area (Å²) in [7, 11) is 1.66. The van der Waals surface area contributed by atoms with Crippen molar-refractivity contribution in [2.24, 2.45) is 0 Å². The normalized spacial score (nSPS) is 11.2. The molecule has 0 bridgehead atoms. The van der Waals surface area contributed by atoms with Gasteiger partial charge in [0.1, 0.15) is 5.01 Å². The molecule has 0 atom stereocenters. The molecule has 0 aromatic carbocycles. The molecule has 4 nitrogen and oxygen atoms in total. The highest BCUT2D eigenvalue weighted by Crippen LogP contribution is 2.14. The first-order valence-corrected chi connectivity index (χ1v) is 4.42. The fraction of sp³-hybridized carbons (Fsp3) is 0.429. The molecule has 0 spiro atoms. The molecule has 0 amide bonds. The van der Waals surface area contributed by atoms with Gasteiger partial charge in [0.05, 0.1) is 18.5 Å². The molecule has 0 N–H and O–H groups in total. The van der Waals surface area contributed by atoms with E-state index in [2.05, 4.69) is 10.1 Å². The lowest BCUT2D eigenvalue weighted by molar-refractivity contribution is 0.183. The Hall–Kier alpha value is -0.940. The monoisotopic (exact) mass is 183 g/mol. The Morgan fingerprint density at radius 3 is 3.17 bits per heavy atom. The Balaban J connectivity index is 2.43. The van der Waals surface area contributed by atoms with E-state index in [1.54, 1.807) is 23.0 Å². The lowest BCUT2D eigenvalue weighted by Gasteiger charge is -1.87. The summed E-state index contributed by atoms with van der Waals surface area (Å²) in [6.07, 6.45) is 1.91. The molecule has 0 radical (unpaired) electrons. The van der Waals surface area contributed by atoms with E-state index in [0.717, 1.165) is 15.7 Å². The molecule has 64 valence electrons. The largest absolute Gasteiger partial charge is 0.377 e. The third-order valence-electron chi connectivity index (χ3n) is 1.47. The number of rotatable bonds is 2. The van der Waals surface area contributed by atoms with Crippen LogP contribution in [0, 0.1) is 6.92 Å². The van der Waals surface area contributed by atoms with E-state index in [4.69, 9.17) is 4.74 Å². The average Bonchev–Trinajstić information content (AvgIpc) is 2.44. The van der Waals surface area contributed by atoms with Gasteiger partial charge in [-0.1, -0.05) is 11.3 Å². The number of imidazole rings is 1. The Bertz CT molecular complexity index is 361. The van der Waals surface area contributed by atoms with Crippen LogP contribution in [0.4, 0.5) is 0 Å². The maximum absolute atomic E-state index is 4.96. The van der Waals surface area contributed by atoms with Crippen LogP contribution in [0.25, 0.3) is 4.96 Å². The van der Waals surface area contributed by atoms with Crippen LogP contribution in [0.15, 0.2) is 6.20 Å². The maximum Gasteiger partial charge on any atom is 0.212 e. The highest BCUT2D eigenvalue weighted by molar-refractivity contribution is 7.16. The second kappa shape index (κ2) is 2.84. The predicted octanol–water partition coefficient (Wildman–Crippen LogP) is 1.25. The van der Waals surface area contributed by atoms with Crippen molar-refractivity contribution in [1.29, 1.82) is 0 Å². The van der Waals surface area contributed by atoms with Gasteiger partial charge < -0.3 is 4.74 Å². The Labute approximate surface area is 73.8 Å². The number of aromatic nitrogens is 3. The van der Waals surface area contributed by atoms with Crippen molar-refractivity contribution in [1.82, 2.24) is 14.6 Å². The van der Waals surface area contributed by atoms with Crippen LogP contribution >= 0.6 is 11.3 Å². The quantitative estimate of drug-likeness (QED) is 0.703. The van der Waals surface area contributed by atoms with Crippen molar-refractivity contribution in [3.8, 4) is 0 Å². The molecule has 2 rings (SSSR count). The molecule has 2 heterocycles. The second-order valence-electron chi connectivity index (χ2n) is 2.54. The number of hydrogen-bond donors (Lipinski definition) is 0. The average molecular weight is 183 g/mol. The number of nitrogens with zero attached hydrogens (tertiary/aromatic N) is 3. The first-order chi connectivity index (χ1) is 5.79. The minimum absolute atomic E-state index is 0.563. The highest BCUT2D eigenvalue weighted by atomic mass is 32.1. The molecular formula is C7H9N3OS. The van der Waals surface area contributed by atoms with Gasteiger partial charge in [-0.05, 0) is 6.92 Å². The van der Waals surface area contributed by atoms with E-state index in [-0.39, 0.29) is 0 Å². The molecule has 0 saturated carbocycles. The summed E-state index contributed by atoms with van der Waals surface area (Å²) in [5.41, 5.74) is 0.998. The van der Waals surface area contributed by atoms with E-state index in [9.17, 15) is 0 Å². The fourth-order valence-corrected chi connectivity index (χ4v) is 1.93. The number of fused-ring (bicyclic) bond motifs is 1. The van der Waals surface area contributed by atoms with Gasteiger partial charge in [-0.2, -0.15) is 5.10 Å². The summed E-state index contributed by atoms with van der Waals surface area (Å²) in [6, 6.07) is 0. The van der Waals surface area contributed by atoms with Crippen molar-refractivity contribution in [2.45, 2.75) is 13.5 Å². The molecule has 0 saturated heterocycles. The molecule has 0 fully saturated rings. The summed E-state index contributed by atoms with van der Waals surface area (Å²) in [4.78, 5) is 5.21. The zero-order valence-electron chi connectivity index (χ0n) is 6.94. The smallest absolute Gasteiger partial charge is 0.212 e. The van der Waals surface area contributed by atoms with E-state index < -0.39 is 0 Å². The molecule has 0 aliphatic heterocycles. The van der Waals surface area contributed by atoms with Gasteiger partial charge in [-0.3, -0.25) is 0 Å². The zero-order chi connectivity index (χ0) is 8.55. The maximum atomic E-state index is 4.96. The van der Waals surface area contributed by atoms with Crippen molar-refractivity contribution < 1.29 is 4.74 Å². The van der Waals surface area contributed by atoms with Crippen LogP contribution in [-0.2, 0) is 11.3 Å². The Kier molecular flexibility index (Phi) is 1.82. The molecule has 2 aromatic heterocycles.